The van der Waals surface area contributed by atoms with Gasteiger partial charge >= 0.3 is 0 Å². The lowest BCUT2D eigenvalue weighted by atomic mass is 9.65. The molecule has 0 radical (unpaired) electrons. The highest BCUT2D eigenvalue weighted by Crippen LogP contribution is 2.79. The van der Waals surface area contributed by atoms with E-state index in [1.54, 1.807) is 5.56 Å². The molecule has 3 aliphatic carbocycles. The van der Waals surface area contributed by atoms with Crippen LogP contribution in [0.3, 0.4) is 0 Å². The molecule has 160 valence electrons. The van der Waals surface area contributed by atoms with Crippen molar-refractivity contribution in [1.29, 1.82) is 0 Å². The first-order valence-corrected chi connectivity index (χ1v) is 12.6. The molecule has 3 fully saturated rings. The van der Waals surface area contributed by atoms with E-state index in [1.807, 2.05) is 6.20 Å². The average Bonchev–Trinajstić information content (AvgIpc) is 3.39. The Balaban J connectivity index is 1.56. The van der Waals surface area contributed by atoms with Gasteiger partial charge in [0.05, 0.1) is 22.1 Å². The van der Waals surface area contributed by atoms with Gasteiger partial charge in [0.1, 0.15) is 0 Å². The summed E-state index contributed by atoms with van der Waals surface area (Å²) in [6.07, 6.45) is 7.85. The van der Waals surface area contributed by atoms with Gasteiger partial charge in [-0.2, -0.15) is 0 Å². The maximum Gasteiger partial charge on any atom is 0.0822 e. The van der Waals surface area contributed by atoms with E-state index in [4.69, 9.17) is 4.98 Å². The SMILES string of the molecule is Cc1cc(C)c2c(c1)c1nccc3cc(C4CC5CC56CCC46)c4c5ccccc5n2c4c31. The van der Waals surface area contributed by atoms with Crippen LogP contribution in [0.2, 0.25) is 0 Å². The summed E-state index contributed by atoms with van der Waals surface area (Å²) in [4.78, 5) is 4.98. The molecule has 0 bridgehead atoms. The fourth-order valence-corrected chi connectivity index (χ4v) is 8.60. The number of para-hydroxylation sites is 1. The van der Waals surface area contributed by atoms with Crippen LogP contribution in [0.1, 0.15) is 48.3 Å². The van der Waals surface area contributed by atoms with E-state index in [-0.39, 0.29) is 0 Å². The quantitative estimate of drug-likeness (QED) is 0.193. The van der Waals surface area contributed by atoms with Crippen molar-refractivity contribution < 1.29 is 0 Å². The van der Waals surface area contributed by atoms with Gasteiger partial charge < -0.3 is 4.40 Å². The van der Waals surface area contributed by atoms with Crippen LogP contribution in [0.25, 0.3) is 49.0 Å². The normalized spacial score (nSPS) is 28.2. The van der Waals surface area contributed by atoms with Crippen LogP contribution in [-0.2, 0) is 0 Å². The van der Waals surface area contributed by atoms with Gasteiger partial charge in [-0.3, -0.25) is 4.98 Å². The highest BCUT2D eigenvalue weighted by molar-refractivity contribution is 6.28. The number of hydrogen-bond donors (Lipinski definition) is 0. The molecular weight excluding hydrogens is 400 g/mol. The lowest BCUT2D eigenvalue weighted by Crippen LogP contribution is -2.29. The van der Waals surface area contributed by atoms with Crippen molar-refractivity contribution in [1.82, 2.24) is 9.38 Å². The summed E-state index contributed by atoms with van der Waals surface area (Å²) in [5, 5.41) is 6.91. The van der Waals surface area contributed by atoms with Gasteiger partial charge in [0.15, 0.2) is 0 Å². The van der Waals surface area contributed by atoms with Crippen molar-refractivity contribution in [2.75, 3.05) is 0 Å². The minimum absolute atomic E-state index is 0.721. The lowest BCUT2D eigenvalue weighted by molar-refractivity contribution is 0.148. The molecule has 2 heteroatoms. The van der Waals surface area contributed by atoms with Crippen LogP contribution < -0.4 is 0 Å². The van der Waals surface area contributed by atoms with E-state index in [1.165, 1.54) is 80.3 Å². The second-order valence-electron chi connectivity index (χ2n) is 11.4. The second-order valence-corrected chi connectivity index (χ2v) is 11.4. The van der Waals surface area contributed by atoms with Crippen molar-refractivity contribution in [3.05, 3.63) is 71.4 Å². The summed E-state index contributed by atoms with van der Waals surface area (Å²) in [5.41, 5.74) is 10.2. The maximum absolute atomic E-state index is 4.98. The number of nitrogens with zero attached hydrogens (tertiary/aromatic N) is 2. The predicted molar refractivity (Wildman–Crippen MR) is 136 cm³/mol. The highest BCUT2D eigenvalue weighted by Gasteiger charge is 2.70. The van der Waals surface area contributed by atoms with E-state index in [9.17, 15) is 0 Å². The van der Waals surface area contributed by atoms with Crippen LogP contribution in [-0.4, -0.2) is 9.38 Å². The Morgan fingerprint density at radius 1 is 0.970 bits per heavy atom. The Bertz CT molecular complexity index is 1820. The summed E-state index contributed by atoms with van der Waals surface area (Å²) in [5.74, 6) is 2.62. The zero-order valence-electron chi connectivity index (χ0n) is 19.2. The number of aromatic nitrogens is 2. The minimum Gasteiger partial charge on any atom is -0.308 e. The summed E-state index contributed by atoms with van der Waals surface area (Å²) >= 11 is 0. The third-order valence-electron chi connectivity index (χ3n) is 9.98. The molecule has 2 nitrogen and oxygen atoms in total. The molecule has 9 rings (SSSR count). The summed E-state index contributed by atoms with van der Waals surface area (Å²) < 4.78 is 2.58. The maximum atomic E-state index is 4.98. The van der Waals surface area contributed by atoms with Crippen LogP contribution in [0.4, 0.5) is 0 Å². The van der Waals surface area contributed by atoms with Crippen LogP contribution in [0, 0.1) is 31.1 Å². The third-order valence-corrected chi connectivity index (χ3v) is 9.98. The standard InChI is InChI=1S/C31H26N2/c1-16-11-17(2)29-23(12-16)28-26-18(8-10-32-28)13-22(21-14-19-15-31(19)9-7-24(21)31)27-20-5-3-4-6-25(20)33(29)30(26)27/h3-6,8,10-13,19,21,24H,7,9,14-15H2,1-2H3. The molecule has 1 spiro atoms. The van der Waals surface area contributed by atoms with E-state index in [0.717, 1.165) is 28.7 Å². The smallest absolute Gasteiger partial charge is 0.0822 e. The topological polar surface area (TPSA) is 17.3 Å². The Hall–Kier alpha value is -3.13. The average molecular weight is 427 g/mol. The molecule has 4 atom stereocenters. The number of fused-ring (bicyclic) bond motifs is 6. The van der Waals surface area contributed by atoms with Gasteiger partial charge in [-0.15, -0.1) is 0 Å². The van der Waals surface area contributed by atoms with Crippen LogP contribution in [0.5, 0.6) is 0 Å². The second kappa shape index (κ2) is 5.33. The van der Waals surface area contributed by atoms with Crippen molar-refractivity contribution in [3.8, 4) is 0 Å². The van der Waals surface area contributed by atoms with Crippen molar-refractivity contribution in [3.63, 3.8) is 0 Å². The Morgan fingerprint density at radius 2 is 1.88 bits per heavy atom. The molecule has 3 heterocycles. The van der Waals surface area contributed by atoms with Crippen molar-refractivity contribution in [2.45, 2.75) is 45.4 Å². The van der Waals surface area contributed by atoms with Crippen LogP contribution >= 0.6 is 0 Å². The van der Waals surface area contributed by atoms with E-state index in [2.05, 4.69) is 66.8 Å². The number of rotatable bonds is 1. The number of hydrogen-bond acceptors (Lipinski definition) is 1. The van der Waals surface area contributed by atoms with Gasteiger partial charge in [0.25, 0.3) is 0 Å². The Kier molecular flexibility index (Phi) is 2.80. The first-order chi connectivity index (χ1) is 16.2. The molecule has 0 aliphatic heterocycles. The zero-order valence-corrected chi connectivity index (χ0v) is 19.2. The van der Waals surface area contributed by atoms with E-state index in [0.29, 0.717) is 0 Å². The Labute approximate surface area is 192 Å². The first-order valence-electron chi connectivity index (χ1n) is 12.6. The van der Waals surface area contributed by atoms with Crippen LogP contribution in [0.15, 0.2) is 54.7 Å². The largest absolute Gasteiger partial charge is 0.308 e. The number of pyridine rings is 2. The molecule has 33 heavy (non-hydrogen) atoms. The Morgan fingerprint density at radius 3 is 2.73 bits per heavy atom. The highest BCUT2D eigenvalue weighted by atomic mass is 14.9. The molecule has 3 saturated carbocycles. The minimum atomic E-state index is 0.721. The molecule has 0 amide bonds. The fourth-order valence-electron chi connectivity index (χ4n) is 8.60. The molecule has 3 aliphatic rings. The third kappa shape index (κ3) is 1.83. The molecule has 3 aromatic carbocycles. The number of aryl methyl sites for hydroxylation is 2. The van der Waals surface area contributed by atoms with Gasteiger partial charge in [-0.1, -0.05) is 29.8 Å². The molecule has 0 N–H and O–H groups in total. The molecule has 0 saturated heterocycles. The van der Waals surface area contributed by atoms with E-state index < -0.39 is 0 Å². The first kappa shape index (κ1) is 17.4. The monoisotopic (exact) mass is 426 g/mol. The van der Waals surface area contributed by atoms with Gasteiger partial charge in [0.2, 0.25) is 0 Å². The van der Waals surface area contributed by atoms with Gasteiger partial charge in [0, 0.05) is 27.7 Å². The van der Waals surface area contributed by atoms with Gasteiger partial charge in [-0.05, 0) is 103 Å². The lowest BCUT2D eigenvalue weighted by Gasteiger charge is -2.39. The van der Waals surface area contributed by atoms with Crippen molar-refractivity contribution in [2.24, 2.45) is 17.3 Å². The number of benzene rings is 3. The van der Waals surface area contributed by atoms with Crippen molar-refractivity contribution >= 4 is 49.0 Å². The zero-order chi connectivity index (χ0) is 21.6. The molecular formula is C31H26N2. The van der Waals surface area contributed by atoms with Gasteiger partial charge in [-0.25, -0.2) is 0 Å². The molecule has 3 aromatic heterocycles. The molecule has 6 aromatic rings. The summed E-state index contributed by atoms with van der Waals surface area (Å²) in [6, 6.07) is 18.6. The van der Waals surface area contributed by atoms with E-state index >= 15 is 0 Å². The fraction of sp³-hybridized carbons (Fsp3) is 0.323. The molecule has 4 unspecified atom stereocenters. The summed E-state index contributed by atoms with van der Waals surface area (Å²) in [7, 11) is 0. The summed E-state index contributed by atoms with van der Waals surface area (Å²) in [6.45, 7) is 4.47. The predicted octanol–water partition coefficient (Wildman–Crippen LogP) is 7.91.